The lowest BCUT2D eigenvalue weighted by Crippen LogP contribution is -2.40. The third-order valence-corrected chi connectivity index (χ3v) is 2.85. The standard InChI is InChI=1S/C13H24N4O7/c14-7(12(21)23-6-8(15)16)4-2-1-3-5-9(18)24-13(22)10(17)11(19)20/h7-8,10H,1-6,14-17H2,(H,19,20). The van der Waals surface area contributed by atoms with E-state index in [9.17, 15) is 19.2 Å². The SMILES string of the molecule is NC(N)COC(=O)C(N)CCCCCC(=O)OC(=O)C(N)C(=O)O. The molecular formula is C13H24N4O7. The Bertz CT molecular complexity index is 456. The average Bonchev–Trinajstić information content (AvgIpc) is 2.50. The Morgan fingerprint density at radius 1 is 0.917 bits per heavy atom. The number of rotatable bonds is 11. The number of carboxylic acids is 1. The van der Waals surface area contributed by atoms with Crippen molar-refractivity contribution in [1.82, 2.24) is 0 Å². The van der Waals surface area contributed by atoms with Gasteiger partial charge in [-0.05, 0) is 12.8 Å². The van der Waals surface area contributed by atoms with E-state index in [0.29, 0.717) is 25.7 Å². The van der Waals surface area contributed by atoms with Crippen LogP contribution in [-0.2, 0) is 28.7 Å². The number of carbonyl (C=O) groups is 4. The van der Waals surface area contributed by atoms with Crippen molar-refractivity contribution >= 4 is 23.9 Å². The molecule has 0 aliphatic rings. The van der Waals surface area contributed by atoms with Gasteiger partial charge in [-0.15, -0.1) is 0 Å². The summed E-state index contributed by atoms with van der Waals surface area (Å²) in [6.07, 6.45) is 0.969. The first-order valence-electron chi connectivity index (χ1n) is 7.31. The molecule has 0 radical (unpaired) electrons. The average molecular weight is 348 g/mol. The highest BCUT2D eigenvalue weighted by atomic mass is 16.6. The van der Waals surface area contributed by atoms with Gasteiger partial charge in [0, 0.05) is 6.42 Å². The fourth-order valence-corrected chi connectivity index (χ4v) is 1.54. The normalized spacial score (nSPS) is 13.2. The summed E-state index contributed by atoms with van der Waals surface area (Å²) in [5, 5.41) is 8.48. The molecule has 9 N–H and O–H groups in total. The molecule has 0 aromatic rings. The fraction of sp³-hybridized carbons (Fsp3) is 0.692. The Labute approximate surface area is 138 Å². The van der Waals surface area contributed by atoms with E-state index >= 15 is 0 Å². The summed E-state index contributed by atoms with van der Waals surface area (Å²) < 4.78 is 9.05. The predicted molar refractivity (Wildman–Crippen MR) is 80.9 cm³/mol. The zero-order valence-electron chi connectivity index (χ0n) is 13.2. The summed E-state index contributed by atoms with van der Waals surface area (Å²) in [6, 6.07) is -2.70. The minimum Gasteiger partial charge on any atom is -0.480 e. The molecule has 0 aliphatic carbocycles. The summed E-state index contributed by atoms with van der Waals surface area (Å²) in [7, 11) is 0. The van der Waals surface area contributed by atoms with Crippen LogP contribution in [0, 0.1) is 0 Å². The van der Waals surface area contributed by atoms with E-state index in [2.05, 4.69) is 4.74 Å². The van der Waals surface area contributed by atoms with Crippen molar-refractivity contribution in [3.63, 3.8) is 0 Å². The van der Waals surface area contributed by atoms with Crippen molar-refractivity contribution in [2.45, 2.75) is 50.4 Å². The van der Waals surface area contributed by atoms with Gasteiger partial charge < -0.3 is 37.5 Å². The van der Waals surface area contributed by atoms with Gasteiger partial charge >= 0.3 is 23.9 Å². The van der Waals surface area contributed by atoms with E-state index in [1.54, 1.807) is 0 Å². The van der Waals surface area contributed by atoms with E-state index in [1.807, 2.05) is 0 Å². The van der Waals surface area contributed by atoms with E-state index in [1.165, 1.54) is 0 Å². The van der Waals surface area contributed by atoms with Gasteiger partial charge in [-0.2, -0.15) is 0 Å². The molecule has 0 aromatic carbocycles. The zero-order valence-corrected chi connectivity index (χ0v) is 13.2. The van der Waals surface area contributed by atoms with Gasteiger partial charge in [0.2, 0.25) is 6.04 Å². The van der Waals surface area contributed by atoms with Gasteiger partial charge in [0.25, 0.3) is 0 Å². The number of unbranched alkanes of at least 4 members (excludes halogenated alkanes) is 2. The molecule has 2 unspecified atom stereocenters. The van der Waals surface area contributed by atoms with Crippen LogP contribution in [0.15, 0.2) is 0 Å². The van der Waals surface area contributed by atoms with Crippen LogP contribution < -0.4 is 22.9 Å². The molecule has 11 nitrogen and oxygen atoms in total. The molecule has 0 bridgehead atoms. The topological polar surface area (TPSA) is 211 Å². The monoisotopic (exact) mass is 348 g/mol. The smallest absolute Gasteiger partial charge is 0.342 e. The number of carbonyl (C=O) groups excluding carboxylic acids is 3. The molecule has 0 heterocycles. The molecule has 24 heavy (non-hydrogen) atoms. The first-order valence-corrected chi connectivity index (χ1v) is 7.31. The second-order valence-corrected chi connectivity index (χ2v) is 5.11. The van der Waals surface area contributed by atoms with Crippen LogP contribution in [0.1, 0.15) is 32.1 Å². The molecular weight excluding hydrogens is 324 g/mol. The van der Waals surface area contributed by atoms with Gasteiger partial charge in [-0.25, -0.2) is 9.59 Å². The highest BCUT2D eigenvalue weighted by Gasteiger charge is 2.25. The third-order valence-electron chi connectivity index (χ3n) is 2.85. The highest BCUT2D eigenvalue weighted by Crippen LogP contribution is 2.07. The molecule has 0 spiro atoms. The highest BCUT2D eigenvalue weighted by molar-refractivity contribution is 6.01. The van der Waals surface area contributed by atoms with Crippen molar-refractivity contribution in [3.05, 3.63) is 0 Å². The maximum absolute atomic E-state index is 11.4. The maximum Gasteiger partial charge on any atom is 0.342 e. The van der Waals surface area contributed by atoms with E-state index in [-0.39, 0.29) is 13.0 Å². The van der Waals surface area contributed by atoms with Gasteiger partial charge in [-0.3, -0.25) is 9.59 Å². The molecule has 11 heteroatoms. The van der Waals surface area contributed by atoms with Crippen molar-refractivity contribution in [3.8, 4) is 0 Å². The molecule has 2 atom stereocenters. The molecule has 0 saturated carbocycles. The zero-order chi connectivity index (χ0) is 18.7. The van der Waals surface area contributed by atoms with Crippen LogP contribution in [0.25, 0.3) is 0 Å². The second-order valence-electron chi connectivity index (χ2n) is 5.11. The second kappa shape index (κ2) is 11.5. The summed E-state index contributed by atoms with van der Waals surface area (Å²) in [5.74, 6) is -4.36. The number of aliphatic carboxylic acids is 1. The number of hydrogen-bond donors (Lipinski definition) is 5. The largest absolute Gasteiger partial charge is 0.480 e. The lowest BCUT2D eigenvalue weighted by molar-refractivity contribution is -0.163. The molecule has 138 valence electrons. The predicted octanol–water partition coefficient (Wildman–Crippen LogP) is -2.47. The maximum atomic E-state index is 11.4. The fourth-order valence-electron chi connectivity index (χ4n) is 1.54. The first kappa shape index (κ1) is 21.9. The summed E-state index contributed by atoms with van der Waals surface area (Å²) in [5.41, 5.74) is 21.1. The first-order chi connectivity index (χ1) is 11.1. The van der Waals surface area contributed by atoms with Crippen LogP contribution in [0.5, 0.6) is 0 Å². The Morgan fingerprint density at radius 2 is 1.54 bits per heavy atom. The number of esters is 3. The lowest BCUT2D eigenvalue weighted by atomic mass is 10.1. The van der Waals surface area contributed by atoms with Gasteiger partial charge in [0.1, 0.15) is 12.6 Å². The van der Waals surface area contributed by atoms with Crippen molar-refractivity contribution in [1.29, 1.82) is 0 Å². The lowest BCUT2D eigenvalue weighted by Gasteiger charge is -2.12. The van der Waals surface area contributed by atoms with Crippen molar-refractivity contribution < 1.29 is 33.8 Å². The summed E-state index contributed by atoms with van der Waals surface area (Å²) in [6.45, 7) is -0.120. The summed E-state index contributed by atoms with van der Waals surface area (Å²) >= 11 is 0. The quantitative estimate of drug-likeness (QED) is 0.114. The van der Waals surface area contributed by atoms with Gasteiger partial charge in [0.05, 0.1) is 6.17 Å². The summed E-state index contributed by atoms with van der Waals surface area (Å²) in [4.78, 5) is 44.3. The van der Waals surface area contributed by atoms with Crippen LogP contribution >= 0.6 is 0 Å². The van der Waals surface area contributed by atoms with Crippen LogP contribution in [-0.4, -0.2) is 53.8 Å². The molecule has 0 aromatic heterocycles. The van der Waals surface area contributed by atoms with E-state index < -0.39 is 42.1 Å². The van der Waals surface area contributed by atoms with Crippen LogP contribution in [0.3, 0.4) is 0 Å². The van der Waals surface area contributed by atoms with E-state index in [4.69, 9.17) is 32.8 Å². The minimum absolute atomic E-state index is 0.0835. The molecule has 0 amide bonds. The molecule has 0 rings (SSSR count). The Morgan fingerprint density at radius 3 is 2.08 bits per heavy atom. The van der Waals surface area contributed by atoms with Crippen molar-refractivity contribution in [2.75, 3.05) is 6.61 Å². The minimum atomic E-state index is -1.89. The Hall–Kier alpha value is -2.08. The molecule has 0 fully saturated rings. The van der Waals surface area contributed by atoms with Gasteiger partial charge in [-0.1, -0.05) is 12.8 Å². The molecule has 0 aliphatic heterocycles. The number of ether oxygens (including phenoxy) is 2. The third kappa shape index (κ3) is 9.84. The van der Waals surface area contributed by atoms with Crippen molar-refractivity contribution in [2.24, 2.45) is 22.9 Å². The van der Waals surface area contributed by atoms with E-state index in [0.717, 1.165) is 0 Å². The van der Waals surface area contributed by atoms with Gasteiger partial charge in [0.15, 0.2) is 0 Å². The number of hydrogen-bond acceptors (Lipinski definition) is 10. The Kier molecular flexibility index (Phi) is 10.5. The van der Waals surface area contributed by atoms with Crippen LogP contribution in [0.4, 0.5) is 0 Å². The molecule has 0 saturated heterocycles. The number of nitrogens with two attached hydrogens (primary N) is 4. The Balaban J connectivity index is 3.82. The number of carboxylic acid groups (broad SMARTS) is 1. The van der Waals surface area contributed by atoms with Crippen LogP contribution in [0.2, 0.25) is 0 Å².